The Morgan fingerprint density at radius 2 is 2.02 bits per heavy atom. The number of ether oxygens (including phenoxy) is 1. The summed E-state index contributed by atoms with van der Waals surface area (Å²) in [7, 11) is 0. The van der Waals surface area contributed by atoms with E-state index in [2.05, 4.69) is 39.5 Å². The molecule has 2 aromatic heterocycles. The highest BCUT2D eigenvalue weighted by molar-refractivity contribution is 6.44. The number of carbonyl (C=O) groups excluding carboxylic acids is 1. The Balaban J connectivity index is 0.00000129. The standard InChI is InChI=1S/C29H33ClN6O3.C3H6/c1-4-25(30)28-33-19(3)32-24-12-20(14-31-15-24)5-6-22-13-23(34-28)7-8-27(22)38-17-21-9-10-36(16-21)29(37)26-11-18(2)39-35-26;1-3-2/h4,7-8,11-15,19,21,32H,5-6,9-10,16-17H2,1-3H3,(H,33,34);3H,1H2,2H3/b25-4+;. The molecule has 2 N–H and O–H groups in total. The second-order valence-electron chi connectivity index (χ2n) is 10.4. The van der Waals surface area contributed by atoms with E-state index in [0.29, 0.717) is 42.0 Å². The van der Waals surface area contributed by atoms with Gasteiger partial charge in [0.05, 0.1) is 23.5 Å². The fourth-order valence-electron chi connectivity index (χ4n) is 4.86. The zero-order valence-electron chi connectivity index (χ0n) is 24.7. The number of anilines is 2. The number of benzene rings is 1. The molecule has 2 aliphatic heterocycles. The highest BCUT2D eigenvalue weighted by Crippen LogP contribution is 2.28. The van der Waals surface area contributed by atoms with Gasteiger partial charge in [0.15, 0.2) is 5.69 Å². The first-order chi connectivity index (χ1) is 20.3. The van der Waals surface area contributed by atoms with Gasteiger partial charge in [0.2, 0.25) is 0 Å². The highest BCUT2D eigenvalue weighted by Gasteiger charge is 2.29. The summed E-state index contributed by atoms with van der Waals surface area (Å²) in [5.74, 6) is 2.19. The molecule has 1 aromatic carbocycles. The van der Waals surface area contributed by atoms with Crippen LogP contribution >= 0.6 is 11.6 Å². The van der Waals surface area contributed by atoms with E-state index >= 15 is 0 Å². The summed E-state index contributed by atoms with van der Waals surface area (Å²) in [5, 5.41) is 11.2. The summed E-state index contributed by atoms with van der Waals surface area (Å²) in [6.07, 6.45) is 9.50. The Labute approximate surface area is 252 Å². The predicted octanol–water partition coefficient (Wildman–Crippen LogP) is 6.62. The summed E-state index contributed by atoms with van der Waals surface area (Å²) in [5.41, 5.74) is 4.34. The van der Waals surface area contributed by atoms with E-state index in [1.807, 2.05) is 50.1 Å². The van der Waals surface area contributed by atoms with Gasteiger partial charge in [0.25, 0.3) is 5.91 Å². The molecule has 10 heteroatoms. The minimum atomic E-state index is -0.216. The van der Waals surface area contributed by atoms with Crippen molar-refractivity contribution in [1.29, 1.82) is 0 Å². The molecule has 1 fully saturated rings. The monoisotopic (exact) mass is 590 g/mol. The van der Waals surface area contributed by atoms with Crippen LogP contribution in [0.4, 0.5) is 11.4 Å². The lowest BCUT2D eigenvalue weighted by molar-refractivity contribution is 0.0772. The third-order valence-corrected chi connectivity index (χ3v) is 7.27. The van der Waals surface area contributed by atoms with E-state index in [4.69, 9.17) is 25.9 Å². The normalized spacial score (nSPS) is 19.8. The fraction of sp³-hybridized carbons (Fsp3) is 0.375. The van der Waals surface area contributed by atoms with Crippen LogP contribution < -0.4 is 15.4 Å². The van der Waals surface area contributed by atoms with Gasteiger partial charge in [-0.15, -0.1) is 6.58 Å². The van der Waals surface area contributed by atoms with E-state index in [9.17, 15) is 4.79 Å². The van der Waals surface area contributed by atoms with Crippen LogP contribution in [0.15, 0.2) is 76.0 Å². The van der Waals surface area contributed by atoms with Crippen molar-refractivity contribution in [3.05, 3.63) is 89.1 Å². The van der Waals surface area contributed by atoms with Crippen LogP contribution in [0.2, 0.25) is 0 Å². The number of rotatable bonds is 5. The number of halogens is 1. The van der Waals surface area contributed by atoms with E-state index < -0.39 is 0 Å². The maximum atomic E-state index is 12.7. The molecule has 9 nitrogen and oxygen atoms in total. The third kappa shape index (κ3) is 8.22. The predicted molar refractivity (Wildman–Crippen MR) is 168 cm³/mol. The first kappa shape index (κ1) is 30.8. The van der Waals surface area contributed by atoms with E-state index in [-0.39, 0.29) is 18.0 Å². The zero-order valence-corrected chi connectivity index (χ0v) is 25.4. The van der Waals surface area contributed by atoms with Gasteiger partial charge < -0.3 is 24.8 Å². The Hall–Kier alpha value is -4.11. The molecule has 0 aliphatic carbocycles. The number of amides is 1. The van der Waals surface area contributed by atoms with Crippen LogP contribution in [0.3, 0.4) is 0 Å². The van der Waals surface area contributed by atoms with Crippen molar-refractivity contribution in [1.82, 2.24) is 15.0 Å². The van der Waals surface area contributed by atoms with Crippen LogP contribution in [-0.4, -0.2) is 52.6 Å². The molecule has 222 valence electrons. The SMILES string of the molecule is C/C=C(Cl)\C1=N/C(C)Nc2cncc(c2)CCc2cc(ccc2OCC2CCN(C(=O)c3cc(C)on3)C2)N1.C=CC. The van der Waals surface area contributed by atoms with E-state index in [0.717, 1.165) is 47.5 Å². The minimum Gasteiger partial charge on any atom is -0.493 e. The summed E-state index contributed by atoms with van der Waals surface area (Å²) in [6, 6.07) is 9.84. The molecular formula is C32H39ClN6O3. The fourth-order valence-corrected chi connectivity index (χ4v) is 4.96. The molecule has 0 saturated carbocycles. The smallest absolute Gasteiger partial charge is 0.276 e. The van der Waals surface area contributed by atoms with Gasteiger partial charge in [0.1, 0.15) is 23.5 Å². The summed E-state index contributed by atoms with van der Waals surface area (Å²) < 4.78 is 11.4. The average Bonchev–Trinajstić information content (AvgIpc) is 3.64. The summed E-state index contributed by atoms with van der Waals surface area (Å²) >= 11 is 6.51. The number of carbonyl (C=O) groups is 1. The zero-order chi connectivity index (χ0) is 30.1. The van der Waals surface area contributed by atoms with Crippen molar-refractivity contribution in [2.24, 2.45) is 10.9 Å². The van der Waals surface area contributed by atoms with Crippen molar-refractivity contribution >= 4 is 34.7 Å². The minimum absolute atomic E-state index is 0.0975. The number of nitrogens with one attached hydrogen (secondary N) is 2. The lowest BCUT2D eigenvalue weighted by Gasteiger charge is -2.18. The Morgan fingerprint density at radius 3 is 2.76 bits per heavy atom. The molecular weight excluding hydrogens is 552 g/mol. The van der Waals surface area contributed by atoms with Crippen molar-refractivity contribution < 1.29 is 14.1 Å². The largest absolute Gasteiger partial charge is 0.493 e. The van der Waals surface area contributed by atoms with E-state index in [1.165, 1.54) is 0 Å². The van der Waals surface area contributed by atoms with Crippen molar-refractivity contribution in [2.45, 2.75) is 53.1 Å². The molecule has 0 radical (unpaired) electrons. The third-order valence-electron chi connectivity index (χ3n) is 6.87. The van der Waals surface area contributed by atoms with Gasteiger partial charge in [-0.3, -0.25) is 9.78 Å². The number of hydrogen-bond acceptors (Lipinski definition) is 8. The second-order valence-corrected chi connectivity index (χ2v) is 10.8. The Kier molecular flexibility index (Phi) is 10.8. The number of aliphatic imine (C=N–C) groups is 1. The number of amidine groups is 1. The molecule has 4 bridgehead atoms. The maximum Gasteiger partial charge on any atom is 0.276 e. The first-order valence-electron chi connectivity index (χ1n) is 14.2. The average molecular weight is 591 g/mol. The van der Waals surface area contributed by atoms with Crippen LogP contribution in [0.25, 0.3) is 0 Å². The number of allylic oxidation sites excluding steroid dienone is 2. The van der Waals surface area contributed by atoms with Crippen LogP contribution in [0.5, 0.6) is 5.75 Å². The van der Waals surface area contributed by atoms with Crippen molar-refractivity contribution in [3.8, 4) is 5.75 Å². The molecule has 1 amide bonds. The number of pyridine rings is 1. The van der Waals surface area contributed by atoms with Crippen LogP contribution in [0, 0.1) is 12.8 Å². The summed E-state index contributed by atoms with van der Waals surface area (Å²) in [4.78, 5) is 23.7. The van der Waals surface area contributed by atoms with Crippen molar-refractivity contribution in [3.63, 3.8) is 0 Å². The molecule has 2 atom stereocenters. The Bertz CT molecular complexity index is 1450. The van der Waals surface area contributed by atoms with E-state index in [1.54, 1.807) is 25.3 Å². The Morgan fingerprint density at radius 1 is 1.21 bits per heavy atom. The van der Waals surface area contributed by atoms with Gasteiger partial charge in [-0.1, -0.05) is 28.9 Å². The van der Waals surface area contributed by atoms with Crippen molar-refractivity contribution in [2.75, 3.05) is 30.3 Å². The maximum absolute atomic E-state index is 12.7. The molecule has 5 rings (SSSR count). The molecule has 2 aliphatic rings. The van der Waals surface area contributed by atoms with Gasteiger partial charge in [-0.05, 0) is 82.3 Å². The van der Waals surface area contributed by atoms with Gasteiger partial charge in [-0.2, -0.15) is 0 Å². The van der Waals surface area contributed by atoms with Gasteiger partial charge in [0, 0.05) is 37.0 Å². The number of aromatic nitrogens is 2. The topological polar surface area (TPSA) is 105 Å². The van der Waals surface area contributed by atoms with Gasteiger partial charge in [-0.25, -0.2) is 4.99 Å². The lowest BCUT2D eigenvalue weighted by atomic mass is 10.0. The molecule has 1 saturated heterocycles. The van der Waals surface area contributed by atoms with Crippen LogP contribution in [-0.2, 0) is 12.8 Å². The number of nitrogens with zero attached hydrogens (tertiary/aromatic N) is 4. The van der Waals surface area contributed by atoms with Gasteiger partial charge >= 0.3 is 0 Å². The molecule has 42 heavy (non-hydrogen) atoms. The first-order valence-corrected chi connectivity index (χ1v) is 14.6. The number of fused-ring (bicyclic) bond motifs is 4. The van der Waals surface area contributed by atoms with Crippen LogP contribution in [0.1, 0.15) is 54.6 Å². The quantitative estimate of drug-likeness (QED) is 0.322. The number of aryl methyl sites for hydroxylation is 3. The number of hydrogen-bond donors (Lipinski definition) is 2. The lowest BCUT2D eigenvalue weighted by Crippen LogP contribution is -2.29. The molecule has 3 aromatic rings. The molecule has 0 spiro atoms. The highest BCUT2D eigenvalue weighted by atomic mass is 35.5. The second kappa shape index (κ2) is 14.7. The molecule has 2 unspecified atom stereocenters. The summed E-state index contributed by atoms with van der Waals surface area (Å²) in [6.45, 7) is 12.7. The number of likely N-dealkylation sites (tertiary alicyclic amines) is 1. The molecule has 4 heterocycles.